The van der Waals surface area contributed by atoms with E-state index in [9.17, 15) is 19.2 Å². The maximum absolute atomic E-state index is 13.5. The predicted molar refractivity (Wildman–Crippen MR) is 113 cm³/mol. The molecule has 0 N–H and O–H groups in total. The molecule has 5 rings (SSSR count). The second kappa shape index (κ2) is 8.23. The number of rotatable bonds is 4. The van der Waals surface area contributed by atoms with Crippen molar-refractivity contribution in [3.63, 3.8) is 0 Å². The van der Waals surface area contributed by atoms with E-state index in [1.807, 2.05) is 30.3 Å². The average molecular weight is 450 g/mol. The summed E-state index contributed by atoms with van der Waals surface area (Å²) >= 11 is 0. The van der Waals surface area contributed by atoms with E-state index in [1.165, 1.54) is 4.90 Å². The normalized spacial score (nSPS) is 25.8. The van der Waals surface area contributed by atoms with Crippen LogP contribution in [0.5, 0.6) is 0 Å². The number of likely N-dealkylation sites (tertiary alicyclic amines) is 1. The van der Waals surface area contributed by atoms with Gasteiger partial charge in [-0.15, -0.1) is 0 Å². The van der Waals surface area contributed by atoms with E-state index >= 15 is 0 Å². The quantitative estimate of drug-likeness (QED) is 0.521. The zero-order valence-corrected chi connectivity index (χ0v) is 17.7. The lowest BCUT2D eigenvalue weighted by molar-refractivity contribution is -0.136. The Morgan fingerprint density at radius 1 is 1.03 bits per heavy atom. The van der Waals surface area contributed by atoms with E-state index < -0.39 is 41.7 Å². The molecule has 0 aliphatic carbocycles. The number of hydrogen-bond donors (Lipinski definition) is 0. The third-order valence-electron chi connectivity index (χ3n) is 6.41. The van der Waals surface area contributed by atoms with Crippen LogP contribution in [0.2, 0.25) is 0 Å². The maximum atomic E-state index is 13.5. The van der Waals surface area contributed by atoms with Crippen molar-refractivity contribution in [2.75, 3.05) is 13.2 Å². The smallest absolute Gasteiger partial charge is 0.417 e. The first-order valence-electron chi connectivity index (χ1n) is 10.8. The molecule has 3 aliphatic heterocycles. The molecule has 0 saturated carbocycles. The fourth-order valence-corrected chi connectivity index (χ4v) is 4.89. The summed E-state index contributed by atoms with van der Waals surface area (Å²) in [6, 6.07) is 16.7. The molecule has 3 fully saturated rings. The molecule has 0 unspecified atom stereocenters. The zero-order chi connectivity index (χ0) is 23.0. The summed E-state index contributed by atoms with van der Waals surface area (Å²) in [5.41, 5.74) is -0.407. The molecule has 0 radical (unpaired) electrons. The Kier molecular flexibility index (Phi) is 5.24. The van der Waals surface area contributed by atoms with Crippen LogP contribution in [0.3, 0.4) is 0 Å². The highest BCUT2D eigenvalue weighted by molar-refractivity contribution is 6.04. The molecular formula is C24H22N2O7. The number of nitrogens with zero attached hydrogens (tertiary/aromatic N) is 2. The molecule has 2 aromatic carbocycles. The van der Waals surface area contributed by atoms with Crippen LogP contribution in [0, 0.1) is 0 Å². The molecule has 3 heterocycles. The first-order chi connectivity index (χ1) is 16.0. The molecule has 9 nitrogen and oxygen atoms in total. The Hall–Kier alpha value is -3.88. The predicted octanol–water partition coefficient (Wildman–Crippen LogP) is 2.74. The summed E-state index contributed by atoms with van der Waals surface area (Å²) in [7, 11) is 0. The van der Waals surface area contributed by atoms with Gasteiger partial charge in [0.25, 0.3) is 5.91 Å². The van der Waals surface area contributed by atoms with Crippen LogP contribution in [0.4, 0.5) is 9.59 Å². The SMILES string of the molecule is O=C(O[C@H]1[C@@H]2COC(=O)N2C(=O)[C@@]12CCCN2C(=O)OCc1ccccc1)c1ccccc1. The fraction of sp³-hybridized carbons (Fsp3) is 0.333. The number of fused-ring (bicyclic) bond motifs is 1. The highest BCUT2D eigenvalue weighted by Gasteiger charge is 2.70. The summed E-state index contributed by atoms with van der Waals surface area (Å²) in [5.74, 6) is -1.24. The van der Waals surface area contributed by atoms with Crippen molar-refractivity contribution in [1.82, 2.24) is 9.80 Å². The monoisotopic (exact) mass is 450 g/mol. The molecule has 2 aromatic rings. The van der Waals surface area contributed by atoms with E-state index in [1.54, 1.807) is 30.3 Å². The summed E-state index contributed by atoms with van der Waals surface area (Å²) in [6.45, 7) is 0.171. The van der Waals surface area contributed by atoms with Crippen molar-refractivity contribution in [2.24, 2.45) is 0 Å². The van der Waals surface area contributed by atoms with E-state index in [2.05, 4.69) is 0 Å². The van der Waals surface area contributed by atoms with Gasteiger partial charge in [0.05, 0.1) is 5.56 Å². The molecule has 170 valence electrons. The van der Waals surface area contributed by atoms with Gasteiger partial charge in [0.15, 0.2) is 11.6 Å². The van der Waals surface area contributed by atoms with Gasteiger partial charge in [0.1, 0.15) is 19.3 Å². The van der Waals surface area contributed by atoms with Crippen LogP contribution in [0.15, 0.2) is 60.7 Å². The number of esters is 1. The lowest BCUT2D eigenvalue weighted by Gasteiger charge is -2.37. The molecule has 3 aliphatic rings. The summed E-state index contributed by atoms with van der Waals surface area (Å²) in [5, 5.41) is 0. The first-order valence-corrected chi connectivity index (χ1v) is 10.8. The number of imide groups is 1. The van der Waals surface area contributed by atoms with Gasteiger partial charge in [-0.3, -0.25) is 9.69 Å². The van der Waals surface area contributed by atoms with Gasteiger partial charge in [-0.2, -0.15) is 0 Å². The van der Waals surface area contributed by atoms with Crippen LogP contribution >= 0.6 is 0 Å². The third-order valence-corrected chi connectivity index (χ3v) is 6.41. The van der Waals surface area contributed by atoms with Gasteiger partial charge in [-0.25, -0.2) is 19.3 Å². The van der Waals surface area contributed by atoms with Gasteiger partial charge >= 0.3 is 18.2 Å². The van der Waals surface area contributed by atoms with Crippen molar-refractivity contribution in [1.29, 1.82) is 0 Å². The standard InChI is InChI=1S/C24H22N2O7/c27-20(17-10-5-2-6-11-17)33-19-18-15-32-23(30)26(18)21(28)24(19)12-7-13-25(24)22(29)31-14-16-8-3-1-4-9-16/h1-6,8-11,18-19H,7,12-15H2/t18-,19-,24+/m0/s1. The van der Waals surface area contributed by atoms with Gasteiger partial charge in [-0.05, 0) is 30.5 Å². The number of benzene rings is 2. The molecule has 33 heavy (non-hydrogen) atoms. The number of ether oxygens (including phenoxy) is 3. The minimum Gasteiger partial charge on any atom is -0.453 e. The lowest BCUT2D eigenvalue weighted by Crippen LogP contribution is -2.60. The summed E-state index contributed by atoms with van der Waals surface area (Å²) in [6.07, 6.45) is -1.82. The minimum atomic E-state index is -1.51. The second-order valence-corrected chi connectivity index (χ2v) is 8.23. The Labute approximate surface area is 189 Å². The third kappa shape index (κ3) is 3.40. The summed E-state index contributed by atoms with van der Waals surface area (Å²) < 4.78 is 16.4. The first kappa shape index (κ1) is 21.0. The van der Waals surface area contributed by atoms with Crippen molar-refractivity contribution in [2.45, 2.75) is 37.1 Å². The molecule has 3 atom stereocenters. The molecule has 9 heteroatoms. The van der Waals surface area contributed by atoms with E-state index in [0.29, 0.717) is 12.0 Å². The molecule has 3 amide bonds. The van der Waals surface area contributed by atoms with Crippen LogP contribution in [0.25, 0.3) is 0 Å². The van der Waals surface area contributed by atoms with Crippen molar-refractivity contribution in [3.05, 3.63) is 71.8 Å². The molecule has 3 saturated heterocycles. The van der Waals surface area contributed by atoms with Crippen LogP contribution in [-0.2, 0) is 25.6 Å². The highest BCUT2D eigenvalue weighted by Crippen LogP contribution is 2.46. The topological polar surface area (TPSA) is 102 Å². The fourth-order valence-electron chi connectivity index (χ4n) is 4.89. The van der Waals surface area contributed by atoms with Gasteiger partial charge in [0.2, 0.25) is 0 Å². The van der Waals surface area contributed by atoms with E-state index in [4.69, 9.17) is 14.2 Å². The lowest BCUT2D eigenvalue weighted by atomic mass is 9.88. The van der Waals surface area contributed by atoms with E-state index in [0.717, 1.165) is 10.5 Å². The largest absolute Gasteiger partial charge is 0.453 e. The van der Waals surface area contributed by atoms with Crippen molar-refractivity contribution < 1.29 is 33.4 Å². The van der Waals surface area contributed by atoms with E-state index in [-0.39, 0.29) is 26.2 Å². The number of hydrogen-bond acceptors (Lipinski definition) is 7. The Morgan fingerprint density at radius 2 is 1.73 bits per heavy atom. The van der Waals surface area contributed by atoms with Gasteiger partial charge in [0, 0.05) is 6.54 Å². The molecular weight excluding hydrogens is 428 g/mol. The van der Waals surface area contributed by atoms with Crippen molar-refractivity contribution in [3.8, 4) is 0 Å². The minimum absolute atomic E-state index is 0.0318. The van der Waals surface area contributed by atoms with Crippen LogP contribution in [-0.4, -0.2) is 64.7 Å². The molecule has 0 aromatic heterocycles. The number of carbonyl (C=O) groups excluding carboxylic acids is 4. The Morgan fingerprint density at radius 3 is 2.45 bits per heavy atom. The number of amides is 3. The number of cyclic esters (lactones) is 1. The zero-order valence-electron chi connectivity index (χ0n) is 17.7. The van der Waals surface area contributed by atoms with Gasteiger partial charge < -0.3 is 14.2 Å². The number of carbonyl (C=O) groups is 4. The van der Waals surface area contributed by atoms with Crippen LogP contribution < -0.4 is 0 Å². The molecule has 0 bridgehead atoms. The maximum Gasteiger partial charge on any atom is 0.417 e. The van der Waals surface area contributed by atoms with Crippen LogP contribution in [0.1, 0.15) is 28.8 Å². The summed E-state index contributed by atoms with van der Waals surface area (Å²) in [4.78, 5) is 54.1. The Bertz CT molecular complexity index is 1090. The average Bonchev–Trinajstić information content (AvgIpc) is 3.52. The highest BCUT2D eigenvalue weighted by atomic mass is 16.6. The second-order valence-electron chi connectivity index (χ2n) is 8.23. The van der Waals surface area contributed by atoms with Crippen molar-refractivity contribution >= 4 is 24.1 Å². The Balaban J connectivity index is 1.44. The van der Waals surface area contributed by atoms with Gasteiger partial charge in [-0.1, -0.05) is 48.5 Å². The molecule has 1 spiro atoms.